The van der Waals surface area contributed by atoms with Crippen molar-refractivity contribution in [1.29, 1.82) is 0 Å². The first-order chi connectivity index (χ1) is 10.1. The molecule has 0 saturated heterocycles. The number of nitrogens with zero attached hydrogens (tertiary/aromatic N) is 2. The second-order valence-corrected chi connectivity index (χ2v) is 5.80. The average Bonchev–Trinajstić information content (AvgIpc) is 2.86. The van der Waals surface area contributed by atoms with Crippen molar-refractivity contribution in [1.82, 2.24) is 9.55 Å². The van der Waals surface area contributed by atoms with Gasteiger partial charge in [-0.15, -0.1) is 11.6 Å². The fourth-order valence-corrected chi connectivity index (χ4v) is 2.86. The first-order valence-corrected chi connectivity index (χ1v) is 7.38. The van der Waals surface area contributed by atoms with Gasteiger partial charge in [-0.1, -0.05) is 30.3 Å². The first kappa shape index (κ1) is 14.1. The lowest BCUT2D eigenvalue weighted by Gasteiger charge is -2.19. The van der Waals surface area contributed by atoms with Crippen LogP contribution in [0.2, 0.25) is 0 Å². The molecule has 1 heterocycles. The molecule has 3 rings (SSSR count). The molecule has 0 saturated carbocycles. The van der Waals surface area contributed by atoms with E-state index in [1.807, 2.05) is 48.7 Å². The molecule has 2 unspecified atom stereocenters. The number of benzene rings is 2. The van der Waals surface area contributed by atoms with Crippen LogP contribution in [0.3, 0.4) is 0 Å². The second kappa shape index (κ2) is 5.49. The molecule has 21 heavy (non-hydrogen) atoms. The van der Waals surface area contributed by atoms with Crippen LogP contribution in [0.15, 0.2) is 48.5 Å². The molecule has 0 bridgehead atoms. The molecule has 0 aliphatic heterocycles. The normalized spacial score (nSPS) is 14.3. The molecular formula is C17H16ClFN2. The van der Waals surface area contributed by atoms with E-state index in [4.69, 9.17) is 11.6 Å². The van der Waals surface area contributed by atoms with Crippen molar-refractivity contribution in [3.8, 4) is 0 Å². The summed E-state index contributed by atoms with van der Waals surface area (Å²) in [5.41, 5.74) is 2.48. The summed E-state index contributed by atoms with van der Waals surface area (Å²) in [4.78, 5) is 4.60. The highest BCUT2D eigenvalue weighted by Crippen LogP contribution is 2.31. The Hall–Kier alpha value is -1.87. The molecule has 108 valence electrons. The Bertz CT molecular complexity index is 779. The molecule has 4 heteroatoms. The van der Waals surface area contributed by atoms with Crippen LogP contribution in [0.25, 0.3) is 11.0 Å². The third-order valence-corrected chi connectivity index (χ3v) is 3.92. The summed E-state index contributed by atoms with van der Waals surface area (Å²) in [5.74, 6) is 0.546. The molecule has 0 spiro atoms. The van der Waals surface area contributed by atoms with Gasteiger partial charge in [-0.3, -0.25) is 0 Å². The molecular weight excluding hydrogens is 287 g/mol. The van der Waals surface area contributed by atoms with Gasteiger partial charge in [0, 0.05) is 5.56 Å². The van der Waals surface area contributed by atoms with Gasteiger partial charge < -0.3 is 4.57 Å². The van der Waals surface area contributed by atoms with Crippen LogP contribution < -0.4 is 0 Å². The summed E-state index contributed by atoms with van der Waals surface area (Å²) >= 11 is 6.27. The maximum absolute atomic E-state index is 14.1. The molecule has 1 aromatic heterocycles. The van der Waals surface area contributed by atoms with E-state index in [2.05, 4.69) is 4.98 Å². The summed E-state index contributed by atoms with van der Waals surface area (Å²) in [7, 11) is 0. The lowest BCUT2D eigenvalue weighted by molar-refractivity contribution is 0.551. The standard InChI is InChI=1S/C17H16ClFN2/c1-11(18)17-20-15-9-5-6-10-16(15)21(17)12(2)13-7-3-4-8-14(13)19/h3-12H,1-2H3. The van der Waals surface area contributed by atoms with Gasteiger partial charge in [-0.2, -0.15) is 0 Å². The zero-order valence-corrected chi connectivity index (χ0v) is 12.7. The monoisotopic (exact) mass is 302 g/mol. The third-order valence-electron chi connectivity index (χ3n) is 3.72. The van der Waals surface area contributed by atoms with Gasteiger partial charge in [0.05, 0.1) is 22.5 Å². The van der Waals surface area contributed by atoms with Crippen LogP contribution in [-0.4, -0.2) is 9.55 Å². The molecule has 0 amide bonds. The van der Waals surface area contributed by atoms with E-state index in [0.717, 1.165) is 16.9 Å². The van der Waals surface area contributed by atoms with E-state index < -0.39 is 0 Å². The van der Waals surface area contributed by atoms with E-state index in [1.165, 1.54) is 6.07 Å². The minimum absolute atomic E-state index is 0.171. The number of rotatable bonds is 3. The van der Waals surface area contributed by atoms with Gasteiger partial charge in [0.25, 0.3) is 0 Å². The Morgan fingerprint density at radius 3 is 2.43 bits per heavy atom. The van der Waals surface area contributed by atoms with Gasteiger partial charge in [0.1, 0.15) is 11.6 Å². The number of halogens is 2. The highest BCUT2D eigenvalue weighted by atomic mass is 35.5. The highest BCUT2D eigenvalue weighted by molar-refractivity contribution is 6.20. The Morgan fingerprint density at radius 2 is 1.71 bits per heavy atom. The smallest absolute Gasteiger partial charge is 0.128 e. The van der Waals surface area contributed by atoms with Gasteiger partial charge in [0.15, 0.2) is 0 Å². The molecule has 0 aliphatic rings. The minimum Gasteiger partial charge on any atom is -0.319 e. The lowest BCUT2D eigenvalue weighted by atomic mass is 10.1. The van der Waals surface area contributed by atoms with Gasteiger partial charge in [-0.25, -0.2) is 9.37 Å². The number of imidazole rings is 1. The van der Waals surface area contributed by atoms with Gasteiger partial charge in [0.2, 0.25) is 0 Å². The van der Waals surface area contributed by atoms with Crippen molar-refractivity contribution < 1.29 is 4.39 Å². The fourth-order valence-electron chi connectivity index (χ4n) is 2.70. The van der Waals surface area contributed by atoms with Crippen LogP contribution in [0.5, 0.6) is 0 Å². The summed E-state index contributed by atoms with van der Waals surface area (Å²) in [5, 5.41) is -0.244. The summed E-state index contributed by atoms with van der Waals surface area (Å²) < 4.78 is 16.1. The van der Waals surface area contributed by atoms with E-state index in [0.29, 0.717) is 5.56 Å². The second-order valence-electron chi connectivity index (χ2n) is 5.14. The summed E-state index contributed by atoms with van der Waals surface area (Å²) in [6.45, 7) is 3.85. The van der Waals surface area contributed by atoms with Gasteiger partial charge in [-0.05, 0) is 32.0 Å². The van der Waals surface area contributed by atoms with Crippen molar-refractivity contribution in [2.75, 3.05) is 0 Å². The quantitative estimate of drug-likeness (QED) is 0.617. The van der Waals surface area contributed by atoms with Crippen molar-refractivity contribution in [3.05, 3.63) is 65.7 Å². The third kappa shape index (κ3) is 2.42. The van der Waals surface area contributed by atoms with E-state index in [-0.39, 0.29) is 17.2 Å². The highest BCUT2D eigenvalue weighted by Gasteiger charge is 2.21. The Balaban J connectivity index is 2.23. The van der Waals surface area contributed by atoms with E-state index in [9.17, 15) is 4.39 Å². The molecule has 3 aromatic rings. The molecule has 0 aliphatic carbocycles. The number of aromatic nitrogens is 2. The Kier molecular flexibility index (Phi) is 3.68. The number of fused-ring (bicyclic) bond motifs is 1. The number of para-hydroxylation sites is 2. The Labute approximate surface area is 128 Å². The van der Waals surface area contributed by atoms with E-state index in [1.54, 1.807) is 12.1 Å². The van der Waals surface area contributed by atoms with Crippen molar-refractivity contribution in [2.45, 2.75) is 25.3 Å². The summed E-state index contributed by atoms with van der Waals surface area (Å²) in [6, 6.07) is 14.5. The van der Waals surface area contributed by atoms with Crippen molar-refractivity contribution in [3.63, 3.8) is 0 Å². The zero-order valence-electron chi connectivity index (χ0n) is 11.9. The molecule has 0 radical (unpaired) electrons. The SMILES string of the molecule is CC(Cl)c1nc2ccccc2n1C(C)c1ccccc1F. The summed E-state index contributed by atoms with van der Waals surface area (Å²) in [6.07, 6.45) is 0. The van der Waals surface area contributed by atoms with Crippen LogP contribution in [0.1, 0.15) is 36.7 Å². The van der Waals surface area contributed by atoms with Crippen LogP contribution in [-0.2, 0) is 0 Å². The number of hydrogen-bond acceptors (Lipinski definition) is 1. The minimum atomic E-state index is -0.244. The molecule has 2 atom stereocenters. The maximum atomic E-state index is 14.1. The predicted octanol–water partition coefficient (Wildman–Crippen LogP) is 5.08. The van der Waals surface area contributed by atoms with Crippen molar-refractivity contribution >= 4 is 22.6 Å². The van der Waals surface area contributed by atoms with Crippen LogP contribution in [0.4, 0.5) is 4.39 Å². The lowest BCUT2D eigenvalue weighted by Crippen LogP contribution is -2.12. The van der Waals surface area contributed by atoms with Gasteiger partial charge >= 0.3 is 0 Å². The predicted molar refractivity (Wildman–Crippen MR) is 84.2 cm³/mol. The first-order valence-electron chi connectivity index (χ1n) is 6.95. The number of hydrogen-bond donors (Lipinski definition) is 0. The van der Waals surface area contributed by atoms with Crippen LogP contribution >= 0.6 is 11.6 Å². The molecule has 2 nitrogen and oxygen atoms in total. The maximum Gasteiger partial charge on any atom is 0.128 e. The molecule has 0 N–H and O–H groups in total. The van der Waals surface area contributed by atoms with Crippen LogP contribution in [0, 0.1) is 5.82 Å². The number of alkyl halides is 1. The topological polar surface area (TPSA) is 17.8 Å². The van der Waals surface area contributed by atoms with E-state index >= 15 is 0 Å². The Morgan fingerprint density at radius 1 is 1.05 bits per heavy atom. The zero-order chi connectivity index (χ0) is 15.0. The molecule has 2 aromatic carbocycles. The van der Waals surface area contributed by atoms with Crippen molar-refractivity contribution in [2.24, 2.45) is 0 Å². The largest absolute Gasteiger partial charge is 0.319 e. The fraction of sp³-hybridized carbons (Fsp3) is 0.235. The average molecular weight is 303 g/mol. The molecule has 0 fully saturated rings.